The number of hydrogen-bond donors (Lipinski definition) is 3. The second-order valence-corrected chi connectivity index (χ2v) is 5.83. The number of aromatic amines is 2. The molecule has 6 heteroatoms. The van der Waals surface area contributed by atoms with Gasteiger partial charge in [0.05, 0.1) is 0 Å². The number of nitrogens with one attached hydrogen (secondary N) is 3. The van der Waals surface area contributed by atoms with Crippen molar-refractivity contribution in [2.75, 3.05) is 6.54 Å². The van der Waals surface area contributed by atoms with Gasteiger partial charge in [0.25, 0.3) is 5.56 Å². The van der Waals surface area contributed by atoms with Gasteiger partial charge in [0, 0.05) is 30.1 Å². The number of aromatic nitrogens is 2. The lowest BCUT2D eigenvalue weighted by Crippen LogP contribution is -2.30. The molecule has 1 aromatic carbocycles. The van der Waals surface area contributed by atoms with E-state index in [0.29, 0.717) is 24.2 Å². The third-order valence-electron chi connectivity index (χ3n) is 4.17. The number of hydrogen-bond acceptors (Lipinski definition) is 3. The first-order valence-corrected chi connectivity index (χ1v) is 8.15. The van der Waals surface area contributed by atoms with Crippen molar-refractivity contribution in [1.29, 1.82) is 0 Å². The molecule has 0 fully saturated rings. The quantitative estimate of drug-likeness (QED) is 0.720. The van der Waals surface area contributed by atoms with E-state index in [4.69, 9.17) is 0 Å². The van der Waals surface area contributed by atoms with Crippen LogP contribution in [-0.2, 0) is 11.2 Å². The van der Waals surface area contributed by atoms with Crippen LogP contribution in [-0.4, -0.2) is 22.4 Å². The molecule has 0 aliphatic heterocycles. The number of H-pyrrole nitrogens is 2. The second kappa shape index (κ2) is 8.29. The number of amides is 1. The summed E-state index contributed by atoms with van der Waals surface area (Å²) in [6.45, 7) is 4.32. The van der Waals surface area contributed by atoms with Crippen molar-refractivity contribution in [2.24, 2.45) is 0 Å². The molecule has 1 aromatic heterocycles. The Hall–Kier alpha value is -2.63. The summed E-state index contributed by atoms with van der Waals surface area (Å²) in [5.74, 6) is 0.169. The average molecular weight is 329 g/mol. The van der Waals surface area contributed by atoms with Crippen molar-refractivity contribution in [1.82, 2.24) is 15.3 Å². The average Bonchev–Trinajstić information content (AvgIpc) is 2.55. The zero-order valence-corrected chi connectivity index (χ0v) is 14.0. The molecular weight excluding hydrogens is 306 g/mol. The number of benzene rings is 1. The summed E-state index contributed by atoms with van der Waals surface area (Å²) in [5.41, 5.74) is 1.19. The van der Waals surface area contributed by atoms with E-state index in [1.807, 2.05) is 18.2 Å². The van der Waals surface area contributed by atoms with Crippen LogP contribution in [0.3, 0.4) is 0 Å². The SMILES string of the molecule is CC[C@@H](CNC(=O)CCc1c(C)[nH]c(=O)[nH]c1=O)c1ccccc1. The molecule has 2 aromatic rings. The van der Waals surface area contributed by atoms with E-state index in [1.54, 1.807) is 6.92 Å². The number of carbonyl (C=O) groups excluding carboxylic acids is 1. The van der Waals surface area contributed by atoms with E-state index < -0.39 is 11.2 Å². The van der Waals surface area contributed by atoms with Crippen molar-refractivity contribution < 1.29 is 4.79 Å². The van der Waals surface area contributed by atoms with Crippen LogP contribution in [0.1, 0.15) is 42.5 Å². The van der Waals surface area contributed by atoms with Crippen molar-refractivity contribution in [3.63, 3.8) is 0 Å². The summed E-state index contributed by atoms with van der Waals surface area (Å²) in [5, 5.41) is 2.93. The van der Waals surface area contributed by atoms with Gasteiger partial charge in [0.2, 0.25) is 5.91 Å². The molecular formula is C18H23N3O3. The van der Waals surface area contributed by atoms with Crippen LogP contribution in [0.5, 0.6) is 0 Å². The first-order chi connectivity index (χ1) is 11.5. The van der Waals surface area contributed by atoms with Crippen LogP contribution in [0.4, 0.5) is 0 Å². The molecule has 0 bridgehead atoms. The predicted molar refractivity (Wildman–Crippen MR) is 93.2 cm³/mol. The van der Waals surface area contributed by atoms with Crippen LogP contribution >= 0.6 is 0 Å². The molecule has 6 nitrogen and oxygen atoms in total. The van der Waals surface area contributed by atoms with Gasteiger partial charge >= 0.3 is 5.69 Å². The highest BCUT2D eigenvalue weighted by Crippen LogP contribution is 2.17. The van der Waals surface area contributed by atoms with E-state index in [1.165, 1.54) is 5.56 Å². The van der Waals surface area contributed by atoms with Crippen molar-refractivity contribution in [3.05, 3.63) is 68.0 Å². The smallest absolute Gasteiger partial charge is 0.325 e. The lowest BCUT2D eigenvalue weighted by Gasteiger charge is -2.16. The minimum Gasteiger partial charge on any atom is -0.355 e. The maximum absolute atomic E-state index is 12.1. The fourth-order valence-electron chi connectivity index (χ4n) is 2.71. The van der Waals surface area contributed by atoms with Crippen LogP contribution in [0.25, 0.3) is 0 Å². The highest BCUT2D eigenvalue weighted by atomic mass is 16.2. The Morgan fingerprint density at radius 1 is 1.17 bits per heavy atom. The molecule has 0 spiro atoms. The molecule has 2 rings (SSSR count). The molecule has 128 valence electrons. The Labute approximate surface area is 140 Å². The fourth-order valence-corrected chi connectivity index (χ4v) is 2.71. The Bertz CT molecular complexity index is 793. The standard InChI is InChI=1S/C18H23N3O3/c1-3-13(14-7-5-4-6-8-14)11-19-16(22)10-9-15-12(2)20-18(24)21-17(15)23/h4-8,13H,3,9-11H2,1-2H3,(H,19,22)(H2,20,21,23,24)/t13-/m0/s1. The molecule has 1 heterocycles. The van der Waals surface area contributed by atoms with E-state index in [0.717, 1.165) is 6.42 Å². The molecule has 1 amide bonds. The number of rotatable bonds is 7. The maximum Gasteiger partial charge on any atom is 0.325 e. The van der Waals surface area contributed by atoms with Crippen LogP contribution < -0.4 is 16.6 Å². The summed E-state index contributed by atoms with van der Waals surface area (Å²) in [4.78, 5) is 39.7. The van der Waals surface area contributed by atoms with Crippen molar-refractivity contribution in [2.45, 2.75) is 39.0 Å². The van der Waals surface area contributed by atoms with Gasteiger partial charge in [0.1, 0.15) is 0 Å². The van der Waals surface area contributed by atoms with Gasteiger partial charge in [-0.1, -0.05) is 37.3 Å². The zero-order valence-electron chi connectivity index (χ0n) is 14.0. The number of aryl methyl sites for hydroxylation is 1. The van der Waals surface area contributed by atoms with Crippen LogP contribution in [0.2, 0.25) is 0 Å². The molecule has 0 unspecified atom stereocenters. The largest absolute Gasteiger partial charge is 0.355 e. The Kier molecular flexibility index (Phi) is 6.12. The molecule has 3 N–H and O–H groups in total. The summed E-state index contributed by atoms with van der Waals surface area (Å²) in [6, 6.07) is 10.1. The normalized spacial score (nSPS) is 11.9. The first kappa shape index (κ1) is 17.7. The molecule has 24 heavy (non-hydrogen) atoms. The van der Waals surface area contributed by atoms with Gasteiger partial charge in [-0.05, 0) is 25.3 Å². The first-order valence-electron chi connectivity index (χ1n) is 8.15. The zero-order chi connectivity index (χ0) is 17.5. The minimum absolute atomic E-state index is 0.102. The van der Waals surface area contributed by atoms with Gasteiger partial charge in [-0.3, -0.25) is 14.6 Å². The van der Waals surface area contributed by atoms with Gasteiger partial charge in [-0.25, -0.2) is 4.79 Å². The molecule has 0 saturated heterocycles. The van der Waals surface area contributed by atoms with Gasteiger partial charge in [-0.2, -0.15) is 0 Å². The van der Waals surface area contributed by atoms with Crippen LogP contribution in [0, 0.1) is 6.92 Å². The third kappa shape index (κ3) is 4.68. The van der Waals surface area contributed by atoms with Gasteiger partial charge in [0.15, 0.2) is 0 Å². The fraction of sp³-hybridized carbons (Fsp3) is 0.389. The van der Waals surface area contributed by atoms with E-state index >= 15 is 0 Å². The highest BCUT2D eigenvalue weighted by Gasteiger charge is 2.12. The molecule has 0 saturated carbocycles. The van der Waals surface area contributed by atoms with Gasteiger partial charge < -0.3 is 10.3 Å². The van der Waals surface area contributed by atoms with E-state index in [-0.39, 0.29) is 18.2 Å². The Balaban J connectivity index is 1.90. The van der Waals surface area contributed by atoms with Crippen molar-refractivity contribution >= 4 is 5.91 Å². The van der Waals surface area contributed by atoms with Gasteiger partial charge in [-0.15, -0.1) is 0 Å². The van der Waals surface area contributed by atoms with E-state index in [2.05, 4.69) is 34.3 Å². The Morgan fingerprint density at radius 2 is 1.88 bits per heavy atom. The predicted octanol–water partition coefficient (Wildman–Crippen LogP) is 1.61. The van der Waals surface area contributed by atoms with E-state index in [9.17, 15) is 14.4 Å². The lowest BCUT2D eigenvalue weighted by atomic mass is 9.96. The topological polar surface area (TPSA) is 94.8 Å². The summed E-state index contributed by atoms with van der Waals surface area (Å²) in [6.07, 6.45) is 1.44. The molecule has 0 aliphatic rings. The molecule has 0 aliphatic carbocycles. The monoisotopic (exact) mass is 329 g/mol. The highest BCUT2D eigenvalue weighted by molar-refractivity contribution is 5.76. The van der Waals surface area contributed by atoms with Crippen molar-refractivity contribution in [3.8, 4) is 0 Å². The third-order valence-corrected chi connectivity index (χ3v) is 4.17. The Morgan fingerprint density at radius 3 is 2.50 bits per heavy atom. The maximum atomic E-state index is 12.1. The number of carbonyl (C=O) groups is 1. The summed E-state index contributed by atoms with van der Waals surface area (Å²) in [7, 11) is 0. The van der Waals surface area contributed by atoms with Crippen LogP contribution in [0.15, 0.2) is 39.9 Å². The minimum atomic E-state index is -0.528. The summed E-state index contributed by atoms with van der Waals surface area (Å²) >= 11 is 0. The molecule has 0 radical (unpaired) electrons. The summed E-state index contributed by atoms with van der Waals surface area (Å²) < 4.78 is 0. The lowest BCUT2D eigenvalue weighted by molar-refractivity contribution is -0.121. The molecule has 1 atom stereocenters. The second-order valence-electron chi connectivity index (χ2n) is 5.83.